The average Bonchev–Trinajstić information content (AvgIpc) is 2.99. The number of nitrogens with one attached hydrogen (secondary N) is 1. The lowest BCUT2D eigenvalue weighted by molar-refractivity contribution is 0.628. The number of nitrogens with zero attached hydrogens (tertiary/aromatic N) is 1. The Bertz CT molecular complexity index is 196. The monoisotopic (exact) mass is 212 g/mol. The number of hydrogen-bond acceptors (Lipinski definition) is 3. The van der Waals surface area contributed by atoms with Crippen molar-refractivity contribution in [2.75, 3.05) is 11.5 Å². The number of thioether (sulfide) groups is 1. The summed E-state index contributed by atoms with van der Waals surface area (Å²) < 4.78 is 0. The molecule has 0 aromatic heterocycles. The molecule has 14 heavy (non-hydrogen) atoms. The van der Waals surface area contributed by atoms with E-state index in [1.165, 1.54) is 25.0 Å². The van der Waals surface area contributed by atoms with Crippen molar-refractivity contribution in [1.29, 1.82) is 5.26 Å². The zero-order chi connectivity index (χ0) is 10.4. The molecule has 1 aliphatic rings. The van der Waals surface area contributed by atoms with Crippen LogP contribution in [0.4, 0.5) is 0 Å². The van der Waals surface area contributed by atoms with Crippen molar-refractivity contribution in [2.45, 2.75) is 45.2 Å². The fourth-order valence-electron chi connectivity index (χ4n) is 1.16. The first-order chi connectivity index (χ1) is 6.76. The van der Waals surface area contributed by atoms with E-state index in [2.05, 4.69) is 25.2 Å². The third-order valence-corrected chi connectivity index (χ3v) is 3.93. The summed E-state index contributed by atoms with van der Waals surface area (Å²) in [5, 5.41) is 12.2. The van der Waals surface area contributed by atoms with E-state index in [1.54, 1.807) is 0 Å². The van der Waals surface area contributed by atoms with Gasteiger partial charge < -0.3 is 0 Å². The van der Waals surface area contributed by atoms with E-state index in [0.29, 0.717) is 6.04 Å². The molecule has 1 saturated carbocycles. The van der Waals surface area contributed by atoms with Gasteiger partial charge >= 0.3 is 0 Å². The highest BCUT2D eigenvalue weighted by Gasteiger charge is 2.24. The van der Waals surface area contributed by atoms with Crippen molar-refractivity contribution in [2.24, 2.45) is 5.92 Å². The van der Waals surface area contributed by atoms with Crippen LogP contribution in [0.15, 0.2) is 0 Å². The lowest BCUT2D eigenvalue weighted by Gasteiger charge is -2.12. The molecule has 1 N–H and O–H groups in total. The van der Waals surface area contributed by atoms with Gasteiger partial charge in [-0.15, -0.1) is 0 Å². The molecular formula is C11H20N2S. The Morgan fingerprint density at radius 2 is 2.21 bits per heavy atom. The van der Waals surface area contributed by atoms with E-state index in [4.69, 9.17) is 5.26 Å². The molecule has 0 aromatic rings. The highest BCUT2D eigenvalue weighted by atomic mass is 32.2. The van der Waals surface area contributed by atoms with Crippen LogP contribution < -0.4 is 5.32 Å². The largest absolute Gasteiger partial charge is 0.298 e. The van der Waals surface area contributed by atoms with Crippen molar-refractivity contribution in [3.63, 3.8) is 0 Å². The van der Waals surface area contributed by atoms with Gasteiger partial charge in [0.2, 0.25) is 0 Å². The Hall–Kier alpha value is -0.200. The van der Waals surface area contributed by atoms with Crippen LogP contribution >= 0.6 is 11.8 Å². The lowest BCUT2D eigenvalue weighted by Crippen LogP contribution is -2.31. The molecule has 0 aromatic carbocycles. The van der Waals surface area contributed by atoms with Gasteiger partial charge in [0, 0.05) is 11.8 Å². The molecule has 3 heteroatoms. The maximum atomic E-state index is 8.90. The quantitative estimate of drug-likeness (QED) is 0.704. The Labute approximate surface area is 91.4 Å². The molecule has 2 nitrogen and oxygen atoms in total. The number of rotatable bonds is 7. The highest BCUT2D eigenvalue weighted by Crippen LogP contribution is 2.20. The standard InChI is InChI=1S/C11H20N2S/c1-3-9(2)7-14-8-11(6-12)13-10-4-5-10/h9-11,13H,3-5,7-8H2,1-2H3. The molecule has 0 heterocycles. The van der Waals surface area contributed by atoms with Crippen LogP contribution in [0.2, 0.25) is 0 Å². The summed E-state index contributed by atoms with van der Waals surface area (Å²) in [6, 6.07) is 3.04. The van der Waals surface area contributed by atoms with Gasteiger partial charge in [0.1, 0.15) is 6.04 Å². The van der Waals surface area contributed by atoms with Crippen molar-refractivity contribution in [3.05, 3.63) is 0 Å². The van der Waals surface area contributed by atoms with Gasteiger partial charge in [0.25, 0.3) is 0 Å². The van der Waals surface area contributed by atoms with Crippen LogP contribution in [0.1, 0.15) is 33.1 Å². The van der Waals surface area contributed by atoms with E-state index in [9.17, 15) is 0 Å². The third kappa shape index (κ3) is 4.88. The van der Waals surface area contributed by atoms with Gasteiger partial charge in [0.15, 0.2) is 0 Å². The summed E-state index contributed by atoms with van der Waals surface area (Å²) >= 11 is 1.90. The van der Waals surface area contributed by atoms with Crippen molar-refractivity contribution in [1.82, 2.24) is 5.32 Å². The van der Waals surface area contributed by atoms with Crippen molar-refractivity contribution >= 4 is 11.8 Å². The molecule has 0 saturated heterocycles. The fourth-order valence-corrected chi connectivity index (χ4v) is 2.34. The summed E-state index contributed by atoms with van der Waals surface area (Å²) in [4.78, 5) is 0. The second kappa shape index (κ2) is 6.31. The first-order valence-corrected chi connectivity index (χ1v) is 6.65. The maximum absolute atomic E-state index is 8.90. The Balaban J connectivity index is 2.05. The maximum Gasteiger partial charge on any atom is 0.105 e. The zero-order valence-corrected chi connectivity index (χ0v) is 9.94. The van der Waals surface area contributed by atoms with Crippen LogP contribution in [0.5, 0.6) is 0 Å². The van der Waals surface area contributed by atoms with Gasteiger partial charge in [-0.05, 0) is 24.5 Å². The molecule has 0 radical (unpaired) electrons. The van der Waals surface area contributed by atoms with E-state index >= 15 is 0 Å². The van der Waals surface area contributed by atoms with Gasteiger partial charge in [0.05, 0.1) is 6.07 Å². The third-order valence-electron chi connectivity index (χ3n) is 2.55. The average molecular weight is 212 g/mol. The first kappa shape index (κ1) is 11.9. The second-order valence-electron chi connectivity index (χ2n) is 4.17. The Morgan fingerprint density at radius 3 is 2.71 bits per heavy atom. The van der Waals surface area contributed by atoms with Crippen LogP contribution in [0.3, 0.4) is 0 Å². The normalized spacial score (nSPS) is 20.1. The summed E-state index contributed by atoms with van der Waals surface area (Å²) in [6.45, 7) is 4.48. The van der Waals surface area contributed by atoms with E-state index in [-0.39, 0.29) is 6.04 Å². The zero-order valence-electron chi connectivity index (χ0n) is 9.12. The predicted molar refractivity (Wildman–Crippen MR) is 62.3 cm³/mol. The van der Waals surface area contributed by atoms with Gasteiger partial charge in [-0.2, -0.15) is 17.0 Å². The molecular weight excluding hydrogens is 192 g/mol. The van der Waals surface area contributed by atoms with Crippen LogP contribution in [-0.4, -0.2) is 23.6 Å². The Kier molecular flexibility index (Phi) is 5.36. The minimum absolute atomic E-state index is 0.0663. The van der Waals surface area contributed by atoms with Gasteiger partial charge in [-0.25, -0.2) is 0 Å². The van der Waals surface area contributed by atoms with E-state index < -0.39 is 0 Å². The number of nitriles is 1. The molecule has 1 rings (SSSR count). The molecule has 2 atom stereocenters. The van der Waals surface area contributed by atoms with Crippen molar-refractivity contribution < 1.29 is 0 Å². The number of hydrogen-bond donors (Lipinski definition) is 1. The molecule has 80 valence electrons. The summed E-state index contributed by atoms with van der Waals surface area (Å²) in [5.74, 6) is 2.90. The molecule has 0 spiro atoms. The minimum Gasteiger partial charge on any atom is -0.298 e. The fraction of sp³-hybridized carbons (Fsp3) is 0.909. The minimum atomic E-state index is 0.0663. The summed E-state index contributed by atoms with van der Waals surface area (Å²) in [6.07, 6.45) is 3.75. The SMILES string of the molecule is CCC(C)CSCC(C#N)NC1CC1. The van der Waals surface area contributed by atoms with E-state index in [1.807, 2.05) is 11.8 Å². The van der Waals surface area contributed by atoms with Gasteiger partial charge in [-0.3, -0.25) is 5.32 Å². The van der Waals surface area contributed by atoms with E-state index in [0.717, 1.165) is 11.7 Å². The van der Waals surface area contributed by atoms with Crippen molar-refractivity contribution in [3.8, 4) is 6.07 Å². The highest BCUT2D eigenvalue weighted by molar-refractivity contribution is 7.99. The molecule has 1 fully saturated rings. The van der Waals surface area contributed by atoms with Crippen LogP contribution in [-0.2, 0) is 0 Å². The molecule has 0 bridgehead atoms. The topological polar surface area (TPSA) is 35.8 Å². The Morgan fingerprint density at radius 1 is 1.50 bits per heavy atom. The molecule has 1 aliphatic carbocycles. The van der Waals surface area contributed by atoms with Crippen LogP contribution in [0.25, 0.3) is 0 Å². The first-order valence-electron chi connectivity index (χ1n) is 5.49. The summed E-state index contributed by atoms with van der Waals surface area (Å²) in [5.41, 5.74) is 0. The second-order valence-corrected chi connectivity index (χ2v) is 5.25. The molecule has 0 amide bonds. The van der Waals surface area contributed by atoms with Crippen LogP contribution in [0, 0.1) is 17.2 Å². The predicted octanol–water partition coefficient (Wildman–Crippen LogP) is 2.41. The lowest BCUT2D eigenvalue weighted by atomic mass is 10.2. The molecule has 2 unspecified atom stereocenters. The smallest absolute Gasteiger partial charge is 0.105 e. The molecule has 0 aliphatic heterocycles. The van der Waals surface area contributed by atoms with Gasteiger partial charge in [-0.1, -0.05) is 20.3 Å². The summed E-state index contributed by atoms with van der Waals surface area (Å²) in [7, 11) is 0.